The van der Waals surface area contributed by atoms with Crippen molar-refractivity contribution in [2.24, 2.45) is 11.8 Å². The maximum absolute atomic E-state index is 9.27. The van der Waals surface area contributed by atoms with Crippen molar-refractivity contribution in [3.63, 3.8) is 0 Å². The lowest BCUT2D eigenvalue weighted by Gasteiger charge is -2.47. The van der Waals surface area contributed by atoms with E-state index in [0.717, 1.165) is 44.1 Å². The third-order valence-corrected chi connectivity index (χ3v) is 7.37. The Morgan fingerprint density at radius 3 is 2.82 bits per heavy atom. The minimum Gasteiger partial charge on any atom is -0.483 e. The summed E-state index contributed by atoms with van der Waals surface area (Å²) in [6, 6.07) is 7.34. The van der Waals surface area contributed by atoms with Gasteiger partial charge in [-0.05, 0) is 50.3 Å². The molecule has 4 heterocycles. The zero-order valence-corrected chi connectivity index (χ0v) is 20.1. The quantitative estimate of drug-likeness (QED) is 0.518. The van der Waals surface area contributed by atoms with Gasteiger partial charge in [-0.3, -0.25) is 0 Å². The number of aliphatic hydroxyl groups is 1. The number of H-pyrrole nitrogens is 1. The fraction of sp³-hybridized carbons (Fsp3) is 0.522. The van der Waals surface area contributed by atoms with E-state index in [2.05, 4.69) is 25.2 Å². The van der Waals surface area contributed by atoms with Gasteiger partial charge in [0, 0.05) is 47.9 Å². The van der Waals surface area contributed by atoms with Crippen molar-refractivity contribution in [2.45, 2.75) is 25.9 Å². The molecule has 0 amide bonds. The van der Waals surface area contributed by atoms with Gasteiger partial charge in [-0.25, -0.2) is 4.98 Å². The summed E-state index contributed by atoms with van der Waals surface area (Å²) in [5, 5.41) is 21.5. The summed E-state index contributed by atoms with van der Waals surface area (Å²) in [7, 11) is 0. The maximum Gasteiger partial charge on any atom is 0.207 e. The zero-order chi connectivity index (χ0) is 22.9. The maximum atomic E-state index is 9.27. The van der Waals surface area contributed by atoms with Gasteiger partial charge < -0.3 is 19.6 Å². The molecule has 3 aromatic rings. The van der Waals surface area contributed by atoms with Crippen LogP contribution in [0.2, 0.25) is 10.0 Å². The molecule has 2 N–H and O–H groups in total. The lowest BCUT2D eigenvalue weighted by Crippen LogP contribution is -2.54. The summed E-state index contributed by atoms with van der Waals surface area (Å²) in [5.41, 5.74) is 1.98. The number of nitrogens with zero attached hydrogens (tertiary/aromatic N) is 5. The van der Waals surface area contributed by atoms with E-state index in [4.69, 9.17) is 32.9 Å². The molecule has 5 rings (SSSR count). The molecule has 0 radical (unpaired) electrons. The van der Waals surface area contributed by atoms with Crippen LogP contribution in [0.4, 0.5) is 5.82 Å². The van der Waals surface area contributed by atoms with Gasteiger partial charge in [-0.1, -0.05) is 29.3 Å². The number of aromatic nitrogens is 4. The second-order valence-corrected chi connectivity index (χ2v) is 9.84. The number of aromatic amines is 1. The number of hydrogen-bond donors (Lipinski definition) is 2. The van der Waals surface area contributed by atoms with Crippen molar-refractivity contribution in [3.05, 3.63) is 39.9 Å². The van der Waals surface area contributed by atoms with Crippen LogP contribution < -0.4 is 9.64 Å². The minimum atomic E-state index is -0.297. The van der Waals surface area contributed by atoms with Gasteiger partial charge in [0.05, 0.1) is 6.61 Å². The number of ether oxygens (including phenoxy) is 1. The van der Waals surface area contributed by atoms with E-state index in [1.807, 2.05) is 19.1 Å². The van der Waals surface area contributed by atoms with E-state index in [-0.39, 0.29) is 12.7 Å². The molecule has 2 aliphatic rings. The van der Waals surface area contributed by atoms with Crippen molar-refractivity contribution < 1.29 is 9.84 Å². The van der Waals surface area contributed by atoms with Crippen LogP contribution in [0.25, 0.3) is 11.2 Å². The number of pyridine rings is 1. The van der Waals surface area contributed by atoms with Gasteiger partial charge >= 0.3 is 0 Å². The van der Waals surface area contributed by atoms with Crippen molar-refractivity contribution in [1.29, 1.82) is 0 Å². The number of anilines is 1. The van der Waals surface area contributed by atoms with Crippen LogP contribution in [0.3, 0.4) is 0 Å². The van der Waals surface area contributed by atoms with Gasteiger partial charge in [-0.15, -0.1) is 5.10 Å². The first kappa shape index (κ1) is 22.7. The Kier molecular flexibility index (Phi) is 6.60. The molecular weight excluding hydrogens is 463 g/mol. The van der Waals surface area contributed by atoms with E-state index in [1.165, 1.54) is 12.8 Å². The lowest BCUT2D eigenvalue weighted by molar-refractivity contribution is 0.101. The first-order valence-electron chi connectivity index (χ1n) is 11.4. The van der Waals surface area contributed by atoms with Crippen LogP contribution >= 0.6 is 23.2 Å². The average Bonchev–Trinajstić information content (AvgIpc) is 3.22. The molecule has 0 unspecified atom stereocenters. The molecule has 33 heavy (non-hydrogen) atoms. The number of rotatable bonds is 7. The Bertz CT molecular complexity index is 1120. The van der Waals surface area contributed by atoms with Gasteiger partial charge in [0.2, 0.25) is 5.65 Å². The number of aliphatic hydroxyl groups excluding tert-OH is 1. The Labute approximate surface area is 202 Å². The second-order valence-electron chi connectivity index (χ2n) is 8.99. The number of nitrogens with one attached hydrogen (secondary N) is 1. The van der Waals surface area contributed by atoms with E-state index < -0.39 is 0 Å². The van der Waals surface area contributed by atoms with Gasteiger partial charge in [-0.2, -0.15) is 10.3 Å². The first-order valence-corrected chi connectivity index (χ1v) is 12.2. The summed E-state index contributed by atoms with van der Waals surface area (Å²) < 4.78 is 6.29. The molecule has 10 heteroatoms. The molecular formula is C23H28Cl2N6O2. The molecule has 8 nitrogen and oxygen atoms in total. The summed E-state index contributed by atoms with van der Waals surface area (Å²) in [6.45, 7) is 7.04. The highest BCUT2D eigenvalue weighted by Gasteiger charge is 2.36. The molecule has 1 aromatic carbocycles. The Morgan fingerprint density at radius 2 is 2.03 bits per heavy atom. The normalized spacial score (nSPS) is 20.7. The predicted octanol–water partition coefficient (Wildman–Crippen LogP) is 3.94. The van der Waals surface area contributed by atoms with E-state index in [0.29, 0.717) is 38.8 Å². The first-order chi connectivity index (χ1) is 16.0. The number of benzene rings is 1. The molecule has 0 saturated carbocycles. The molecule has 2 saturated heterocycles. The van der Waals surface area contributed by atoms with Crippen molar-refractivity contribution in [2.75, 3.05) is 44.2 Å². The van der Waals surface area contributed by atoms with Crippen LogP contribution in [0.5, 0.6) is 5.75 Å². The van der Waals surface area contributed by atoms with Crippen LogP contribution in [-0.2, 0) is 0 Å². The van der Waals surface area contributed by atoms with Crippen molar-refractivity contribution >= 4 is 40.2 Å². The summed E-state index contributed by atoms with van der Waals surface area (Å²) >= 11 is 12.4. The molecule has 0 bridgehead atoms. The zero-order valence-electron chi connectivity index (χ0n) is 18.5. The highest BCUT2D eigenvalue weighted by Crippen LogP contribution is 2.37. The summed E-state index contributed by atoms with van der Waals surface area (Å²) in [6.07, 6.45) is 2.16. The molecule has 2 aromatic heterocycles. The summed E-state index contributed by atoms with van der Waals surface area (Å²) in [4.78, 5) is 9.36. The largest absolute Gasteiger partial charge is 0.483 e. The monoisotopic (exact) mass is 490 g/mol. The fourth-order valence-corrected chi connectivity index (χ4v) is 5.51. The fourth-order valence-electron chi connectivity index (χ4n) is 4.95. The molecule has 2 aliphatic heterocycles. The highest BCUT2D eigenvalue weighted by atomic mass is 35.5. The predicted molar refractivity (Wildman–Crippen MR) is 129 cm³/mol. The van der Waals surface area contributed by atoms with Crippen molar-refractivity contribution in [3.8, 4) is 5.75 Å². The van der Waals surface area contributed by atoms with Crippen molar-refractivity contribution in [1.82, 2.24) is 25.3 Å². The smallest absolute Gasteiger partial charge is 0.207 e. The standard InChI is InChI=1S/C23H28Cl2N6O2/c1-14(18-5-4-17(24)9-19(18)25)33-20-10-21(26-23-22(20)27-29-28-23)31-12-16(13-31)15-3-2-6-30(11-15)7-8-32/h4-5,9-10,14-16,32H,2-3,6-8,11-13H2,1H3,(H,26,27,28,29)/t14-,15+/m1/s1. The molecule has 0 spiro atoms. The average molecular weight is 491 g/mol. The van der Waals surface area contributed by atoms with Crippen LogP contribution in [0, 0.1) is 11.8 Å². The number of likely N-dealkylation sites (tertiary alicyclic amines) is 1. The third kappa shape index (κ3) is 4.75. The van der Waals surface area contributed by atoms with Gasteiger partial charge in [0.1, 0.15) is 11.9 Å². The number of hydrogen-bond acceptors (Lipinski definition) is 7. The Morgan fingerprint density at radius 1 is 1.18 bits per heavy atom. The van der Waals surface area contributed by atoms with Crippen LogP contribution in [-0.4, -0.2) is 69.7 Å². The Balaban J connectivity index is 1.30. The topological polar surface area (TPSA) is 90.4 Å². The lowest BCUT2D eigenvalue weighted by atomic mass is 9.80. The number of piperidine rings is 1. The van der Waals surface area contributed by atoms with E-state index in [9.17, 15) is 5.11 Å². The van der Waals surface area contributed by atoms with Crippen LogP contribution in [0.1, 0.15) is 31.4 Å². The highest BCUT2D eigenvalue weighted by molar-refractivity contribution is 6.35. The molecule has 176 valence electrons. The van der Waals surface area contributed by atoms with Gasteiger partial charge in [0.15, 0.2) is 11.3 Å². The minimum absolute atomic E-state index is 0.230. The summed E-state index contributed by atoms with van der Waals surface area (Å²) in [5.74, 6) is 2.77. The molecule has 2 atom stereocenters. The SMILES string of the molecule is C[C@@H](Oc1cc(N2CC([C@H]3CCCN(CCO)C3)C2)nc2n[nH]nc12)c1ccc(Cl)cc1Cl. The number of β-amino-alcohol motifs (C(OH)–C–C–N with tert-alkyl or cyclic N) is 1. The van der Waals surface area contributed by atoms with Gasteiger partial charge in [0.25, 0.3) is 0 Å². The number of fused-ring (bicyclic) bond motifs is 1. The van der Waals surface area contributed by atoms with E-state index in [1.54, 1.807) is 12.1 Å². The van der Waals surface area contributed by atoms with Crippen LogP contribution in [0.15, 0.2) is 24.3 Å². The second kappa shape index (κ2) is 9.62. The Hall–Kier alpha value is -2.13. The third-order valence-electron chi connectivity index (χ3n) is 6.81. The number of halogens is 2. The molecule has 2 fully saturated rings. The van der Waals surface area contributed by atoms with E-state index >= 15 is 0 Å². The molecule has 0 aliphatic carbocycles.